The number of aliphatic carboxylic acids is 1. The van der Waals surface area contributed by atoms with Gasteiger partial charge in [0, 0.05) is 25.7 Å². The Labute approximate surface area is 123 Å². The van der Waals surface area contributed by atoms with Crippen molar-refractivity contribution in [1.82, 2.24) is 9.80 Å². The van der Waals surface area contributed by atoms with Crippen molar-refractivity contribution < 1.29 is 19.5 Å². The molecule has 0 spiro atoms. The molecule has 0 radical (unpaired) electrons. The molecule has 0 fully saturated rings. The van der Waals surface area contributed by atoms with E-state index in [1.165, 1.54) is 9.80 Å². The number of nitrogens with zero attached hydrogens (tertiary/aromatic N) is 2. The maximum absolute atomic E-state index is 12.1. The second kappa shape index (κ2) is 5.95. The van der Waals surface area contributed by atoms with Gasteiger partial charge >= 0.3 is 5.97 Å². The minimum Gasteiger partial charge on any atom is -0.481 e. The first kappa shape index (κ1) is 15.0. The van der Waals surface area contributed by atoms with Crippen molar-refractivity contribution in [2.45, 2.75) is 13.5 Å². The van der Waals surface area contributed by atoms with Crippen LogP contribution < -0.4 is 0 Å². The molecule has 2 rings (SSSR count). The summed E-state index contributed by atoms with van der Waals surface area (Å²) < 4.78 is 0. The van der Waals surface area contributed by atoms with Gasteiger partial charge in [0.15, 0.2) is 0 Å². The summed E-state index contributed by atoms with van der Waals surface area (Å²) in [4.78, 5) is 37.9. The molecule has 1 N–H and O–H groups in total. The van der Waals surface area contributed by atoms with E-state index < -0.39 is 11.9 Å². The smallest absolute Gasteiger partial charge is 0.308 e. The van der Waals surface area contributed by atoms with Gasteiger partial charge in [-0.2, -0.15) is 0 Å². The van der Waals surface area contributed by atoms with Gasteiger partial charge in [0.1, 0.15) is 6.54 Å². The van der Waals surface area contributed by atoms with E-state index in [2.05, 4.69) is 0 Å². The van der Waals surface area contributed by atoms with Crippen LogP contribution in [0.2, 0.25) is 0 Å². The highest BCUT2D eigenvalue weighted by atomic mass is 16.4. The van der Waals surface area contributed by atoms with Gasteiger partial charge in [0.05, 0.1) is 5.92 Å². The van der Waals surface area contributed by atoms with Gasteiger partial charge in [0.2, 0.25) is 5.91 Å². The molecule has 2 amide bonds. The number of hydrogen-bond donors (Lipinski definition) is 1. The number of likely N-dealkylation sites (N-methyl/N-ethyl adjacent to an activating group) is 1. The van der Waals surface area contributed by atoms with Crippen molar-refractivity contribution in [2.75, 3.05) is 20.1 Å². The molecular weight excluding hydrogens is 272 g/mol. The molecular formula is C15H18N2O4. The summed E-state index contributed by atoms with van der Waals surface area (Å²) in [5.74, 6) is -1.99. The Morgan fingerprint density at radius 3 is 2.67 bits per heavy atom. The standard InChI is InChI=1S/C15H18N2O4/c1-10(15(20)21)7-16(2)13(18)9-17-8-11-5-3-4-6-12(11)14(17)19/h3-6,10H,7-9H2,1-2H3,(H,20,21). The van der Waals surface area contributed by atoms with Gasteiger partial charge in [-0.1, -0.05) is 25.1 Å². The highest BCUT2D eigenvalue weighted by Gasteiger charge is 2.29. The first-order valence-corrected chi connectivity index (χ1v) is 6.74. The Balaban J connectivity index is 1.96. The third kappa shape index (κ3) is 3.21. The zero-order valence-electron chi connectivity index (χ0n) is 12.1. The highest BCUT2D eigenvalue weighted by Crippen LogP contribution is 2.22. The molecule has 0 saturated heterocycles. The molecule has 6 heteroatoms. The van der Waals surface area contributed by atoms with Gasteiger partial charge in [0.25, 0.3) is 5.91 Å². The van der Waals surface area contributed by atoms with Crippen molar-refractivity contribution >= 4 is 17.8 Å². The fraction of sp³-hybridized carbons (Fsp3) is 0.400. The summed E-state index contributed by atoms with van der Waals surface area (Å²) in [5.41, 5.74) is 1.55. The lowest BCUT2D eigenvalue weighted by atomic mass is 10.1. The van der Waals surface area contributed by atoms with Gasteiger partial charge in [-0.3, -0.25) is 14.4 Å². The average Bonchev–Trinajstić information content (AvgIpc) is 2.75. The van der Waals surface area contributed by atoms with E-state index >= 15 is 0 Å². The van der Waals surface area contributed by atoms with Crippen LogP contribution in [0.25, 0.3) is 0 Å². The summed E-state index contributed by atoms with van der Waals surface area (Å²) in [7, 11) is 1.55. The molecule has 1 aromatic carbocycles. The first-order chi connectivity index (χ1) is 9.90. The van der Waals surface area contributed by atoms with E-state index in [4.69, 9.17) is 5.11 Å². The summed E-state index contributed by atoms with van der Waals surface area (Å²) in [6.07, 6.45) is 0. The number of carbonyl (C=O) groups excluding carboxylic acids is 2. The van der Waals surface area contributed by atoms with Crippen LogP contribution in [0.4, 0.5) is 0 Å². The molecule has 0 aromatic heterocycles. The minimum atomic E-state index is -0.945. The first-order valence-electron chi connectivity index (χ1n) is 6.74. The Kier molecular flexibility index (Phi) is 4.26. The van der Waals surface area contributed by atoms with Crippen LogP contribution in [0.5, 0.6) is 0 Å². The Morgan fingerprint density at radius 1 is 1.38 bits per heavy atom. The van der Waals surface area contributed by atoms with Crippen LogP contribution in [0.1, 0.15) is 22.8 Å². The van der Waals surface area contributed by atoms with Crippen molar-refractivity contribution in [2.24, 2.45) is 5.92 Å². The number of rotatable bonds is 5. The molecule has 1 aliphatic rings. The fourth-order valence-corrected chi connectivity index (χ4v) is 2.32. The molecule has 1 heterocycles. The van der Waals surface area contributed by atoms with Gasteiger partial charge in [-0.15, -0.1) is 0 Å². The van der Waals surface area contributed by atoms with Gasteiger partial charge in [-0.05, 0) is 11.6 Å². The summed E-state index contributed by atoms with van der Waals surface area (Å²) in [6, 6.07) is 7.27. The molecule has 1 unspecified atom stereocenters. The minimum absolute atomic E-state index is 0.0314. The molecule has 1 aliphatic heterocycles. The second-order valence-electron chi connectivity index (χ2n) is 5.33. The normalized spacial score (nSPS) is 14.8. The van der Waals surface area contributed by atoms with Crippen LogP contribution in [0.15, 0.2) is 24.3 Å². The molecule has 0 saturated carbocycles. The second-order valence-corrected chi connectivity index (χ2v) is 5.33. The van der Waals surface area contributed by atoms with Crippen molar-refractivity contribution in [3.63, 3.8) is 0 Å². The number of benzene rings is 1. The predicted octanol–water partition coefficient (Wildman–Crippen LogP) is 0.822. The Morgan fingerprint density at radius 2 is 2.05 bits per heavy atom. The number of carboxylic acid groups (broad SMARTS) is 1. The zero-order chi connectivity index (χ0) is 15.6. The van der Waals surface area contributed by atoms with Crippen LogP contribution >= 0.6 is 0 Å². The predicted molar refractivity (Wildman–Crippen MR) is 75.6 cm³/mol. The van der Waals surface area contributed by atoms with Crippen LogP contribution in [-0.4, -0.2) is 52.8 Å². The fourth-order valence-electron chi connectivity index (χ4n) is 2.32. The summed E-state index contributed by atoms with van der Waals surface area (Å²) in [5, 5.41) is 8.85. The summed E-state index contributed by atoms with van der Waals surface area (Å²) in [6.45, 7) is 2.06. The highest BCUT2D eigenvalue weighted by molar-refractivity contribution is 6.00. The van der Waals surface area contributed by atoms with Crippen molar-refractivity contribution in [3.05, 3.63) is 35.4 Å². The Bertz CT molecular complexity index is 585. The number of hydrogen-bond acceptors (Lipinski definition) is 3. The van der Waals surface area contributed by atoms with Gasteiger partial charge < -0.3 is 14.9 Å². The molecule has 112 valence electrons. The van der Waals surface area contributed by atoms with E-state index in [0.29, 0.717) is 12.1 Å². The maximum Gasteiger partial charge on any atom is 0.308 e. The number of carbonyl (C=O) groups is 3. The van der Waals surface area contributed by atoms with E-state index in [1.807, 2.05) is 12.1 Å². The largest absolute Gasteiger partial charge is 0.481 e. The molecule has 0 bridgehead atoms. The van der Waals surface area contributed by atoms with E-state index in [-0.39, 0.29) is 24.9 Å². The summed E-state index contributed by atoms with van der Waals surface area (Å²) >= 11 is 0. The van der Waals surface area contributed by atoms with E-state index in [9.17, 15) is 14.4 Å². The number of fused-ring (bicyclic) bond motifs is 1. The molecule has 1 aromatic rings. The monoisotopic (exact) mass is 290 g/mol. The Hall–Kier alpha value is -2.37. The van der Waals surface area contributed by atoms with Crippen LogP contribution in [-0.2, 0) is 16.1 Å². The maximum atomic E-state index is 12.1. The van der Waals surface area contributed by atoms with Crippen LogP contribution in [0.3, 0.4) is 0 Å². The average molecular weight is 290 g/mol. The number of amides is 2. The third-order valence-corrected chi connectivity index (χ3v) is 3.62. The van der Waals surface area contributed by atoms with Crippen molar-refractivity contribution in [3.8, 4) is 0 Å². The van der Waals surface area contributed by atoms with E-state index in [1.54, 1.807) is 26.1 Å². The lowest BCUT2D eigenvalue weighted by Gasteiger charge is -2.23. The SMILES string of the molecule is CC(CN(C)C(=O)CN1Cc2ccccc2C1=O)C(=O)O. The molecule has 0 aliphatic carbocycles. The van der Waals surface area contributed by atoms with E-state index in [0.717, 1.165) is 5.56 Å². The molecule has 6 nitrogen and oxygen atoms in total. The zero-order valence-corrected chi connectivity index (χ0v) is 12.1. The van der Waals surface area contributed by atoms with Gasteiger partial charge in [-0.25, -0.2) is 0 Å². The molecule has 21 heavy (non-hydrogen) atoms. The quantitative estimate of drug-likeness (QED) is 0.871. The lowest BCUT2D eigenvalue weighted by molar-refractivity contribution is -0.142. The van der Waals surface area contributed by atoms with Crippen LogP contribution in [0, 0.1) is 5.92 Å². The van der Waals surface area contributed by atoms with Crippen molar-refractivity contribution in [1.29, 1.82) is 0 Å². The topological polar surface area (TPSA) is 77.9 Å². The third-order valence-electron chi connectivity index (χ3n) is 3.62. The number of carboxylic acids is 1. The molecule has 1 atom stereocenters. The lowest BCUT2D eigenvalue weighted by Crippen LogP contribution is -2.41.